The van der Waals surface area contributed by atoms with Crippen LogP contribution in [-0.4, -0.2) is 55.5 Å². The Kier molecular flexibility index (Phi) is 5.21. The molecule has 0 aromatic heterocycles. The van der Waals surface area contributed by atoms with Gasteiger partial charge in [0, 0.05) is 19.2 Å². The van der Waals surface area contributed by atoms with E-state index < -0.39 is 9.84 Å². The smallest absolute Gasteiger partial charge is 0.209 e. The van der Waals surface area contributed by atoms with Crippen molar-refractivity contribution >= 4 is 16.2 Å². The first-order valence-corrected chi connectivity index (χ1v) is 7.43. The Bertz CT molecular complexity index is 315. The van der Waals surface area contributed by atoms with Crippen LogP contribution in [0, 0.1) is 0 Å². The maximum atomic E-state index is 11.3. The fourth-order valence-corrected chi connectivity index (χ4v) is 3.68. The van der Waals surface area contributed by atoms with Gasteiger partial charge in [0.2, 0.25) is 6.41 Å². The van der Waals surface area contributed by atoms with E-state index in [1.54, 1.807) is 4.90 Å². The first-order valence-electron chi connectivity index (χ1n) is 5.61. The Morgan fingerprint density at radius 1 is 1.31 bits per heavy atom. The molecule has 1 aliphatic heterocycles. The molecule has 0 bridgehead atoms. The summed E-state index contributed by atoms with van der Waals surface area (Å²) in [6.45, 7) is 0.753. The number of carbonyl (C=O) groups is 1. The minimum absolute atomic E-state index is 0.103. The Balaban J connectivity index is 2.34. The number of unbranched alkanes of at least 4 members (excludes halogenated alkanes) is 2. The second-order valence-corrected chi connectivity index (χ2v) is 6.41. The quantitative estimate of drug-likeness (QED) is 0.500. The van der Waals surface area contributed by atoms with E-state index in [4.69, 9.17) is 5.11 Å². The van der Waals surface area contributed by atoms with Crippen LogP contribution in [0.3, 0.4) is 0 Å². The van der Waals surface area contributed by atoms with Crippen LogP contribution in [0.1, 0.15) is 25.7 Å². The van der Waals surface area contributed by atoms with Crippen molar-refractivity contribution in [1.82, 2.24) is 4.90 Å². The summed E-state index contributed by atoms with van der Waals surface area (Å²) in [7, 11) is -2.93. The molecular weight excluding hydrogens is 230 g/mol. The number of aliphatic hydroxyl groups is 1. The molecule has 1 amide bonds. The molecule has 1 rings (SSSR count). The Hall–Kier alpha value is -0.620. The molecule has 0 saturated carbocycles. The molecule has 0 aromatic carbocycles. The molecule has 1 atom stereocenters. The van der Waals surface area contributed by atoms with Gasteiger partial charge in [-0.2, -0.15) is 0 Å². The van der Waals surface area contributed by atoms with Gasteiger partial charge in [-0.25, -0.2) is 8.42 Å². The van der Waals surface area contributed by atoms with Crippen LogP contribution in [0.4, 0.5) is 0 Å². The minimum atomic E-state index is -2.93. The lowest BCUT2D eigenvalue weighted by Gasteiger charge is -2.23. The maximum absolute atomic E-state index is 11.3. The lowest BCUT2D eigenvalue weighted by molar-refractivity contribution is -0.119. The van der Waals surface area contributed by atoms with E-state index in [0.29, 0.717) is 13.0 Å². The standard InChI is InChI=1S/C10H19NO4S/c12-6-3-1-2-5-11(9-13)10-4-7-16(14,15)8-10/h9-10,12H,1-8H2/t10-/m0/s1. The van der Waals surface area contributed by atoms with Gasteiger partial charge in [-0.3, -0.25) is 4.79 Å². The average Bonchev–Trinajstić information content (AvgIpc) is 2.59. The predicted octanol–water partition coefficient (Wildman–Crippen LogP) is -0.206. The SMILES string of the molecule is O=CN(CCCCCO)[C@H]1CCS(=O)(=O)C1. The highest BCUT2D eigenvalue weighted by Crippen LogP contribution is 2.17. The van der Waals surface area contributed by atoms with Crippen LogP contribution >= 0.6 is 0 Å². The molecule has 5 nitrogen and oxygen atoms in total. The molecule has 1 heterocycles. The molecule has 16 heavy (non-hydrogen) atoms. The fourth-order valence-electron chi connectivity index (χ4n) is 1.94. The average molecular weight is 249 g/mol. The number of rotatable bonds is 7. The van der Waals surface area contributed by atoms with E-state index in [0.717, 1.165) is 25.7 Å². The second kappa shape index (κ2) is 6.20. The van der Waals surface area contributed by atoms with Crippen molar-refractivity contribution < 1.29 is 18.3 Å². The molecule has 0 unspecified atom stereocenters. The van der Waals surface area contributed by atoms with Gasteiger partial charge in [0.25, 0.3) is 0 Å². The number of hydrogen-bond acceptors (Lipinski definition) is 4. The van der Waals surface area contributed by atoms with Crippen molar-refractivity contribution in [3.8, 4) is 0 Å². The van der Waals surface area contributed by atoms with E-state index in [-0.39, 0.29) is 24.2 Å². The minimum Gasteiger partial charge on any atom is -0.396 e. The summed E-state index contributed by atoms with van der Waals surface area (Å²) in [5, 5.41) is 8.61. The molecule has 0 radical (unpaired) electrons. The van der Waals surface area contributed by atoms with Crippen LogP contribution in [0.15, 0.2) is 0 Å². The summed E-state index contributed by atoms with van der Waals surface area (Å²) in [5.41, 5.74) is 0. The van der Waals surface area contributed by atoms with Crippen molar-refractivity contribution in [3.63, 3.8) is 0 Å². The van der Waals surface area contributed by atoms with Gasteiger partial charge in [-0.15, -0.1) is 0 Å². The molecule has 1 saturated heterocycles. The van der Waals surface area contributed by atoms with Crippen LogP contribution in [0.25, 0.3) is 0 Å². The normalized spacial score (nSPS) is 23.2. The number of aliphatic hydroxyl groups excluding tert-OH is 1. The molecule has 1 fully saturated rings. The van der Waals surface area contributed by atoms with E-state index >= 15 is 0 Å². The van der Waals surface area contributed by atoms with Crippen LogP contribution < -0.4 is 0 Å². The van der Waals surface area contributed by atoms with Crippen LogP contribution in [0.5, 0.6) is 0 Å². The summed E-state index contributed by atoms with van der Waals surface area (Å²) in [6.07, 6.45) is 3.71. The third-order valence-electron chi connectivity index (χ3n) is 2.89. The van der Waals surface area contributed by atoms with E-state index in [1.807, 2.05) is 0 Å². The zero-order chi connectivity index (χ0) is 12.0. The van der Waals surface area contributed by atoms with Gasteiger partial charge < -0.3 is 10.0 Å². The molecular formula is C10H19NO4S. The molecule has 1 aliphatic rings. The second-order valence-electron chi connectivity index (χ2n) is 4.18. The number of carbonyl (C=O) groups excluding carboxylic acids is 1. The van der Waals surface area contributed by atoms with Crippen LogP contribution in [-0.2, 0) is 14.6 Å². The topological polar surface area (TPSA) is 74.7 Å². The lowest BCUT2D eigenvalue weighted by atomic mass is 10.2. The summed E-state index contributed by atoms with van der Waals surface area (Å²) >= 11 is 0. The third kappa shape index (κ3) is 4.09. The zero-order valence-corrected chi connectivity index (χ0v) is 10.2. The van der Waals surface area contributed by atoms with Gasteiger partial charge in [0.05, 0.1) is 11.5 Å². The van der Waals surface area contributed by atoms with Crippen molar-refractivity contribution in [2.75, 3.05) is 24.7 Å². The van der Waals surface area contributed by atoms with Crippen LogP contribution in [0.2, 0.25) is 0 Å². The highest BCUT2D eigenvalue weighted by atomic mass is 32.2. The summed E-state index contributed by atoms with van der Waals surface area (Å²) in [5.74, 6) is 0.296. The van der Waals surface area contributed by atoms with E-state index in [1.165, 1.54) is 0 Å². The van der Waals surface area contributed by atoms with Gasteiger partial charge in [-0.1, -0.05) is 0 Å². The van der Waals surface area contributed by atoms with Crippen molar-refractivity contribution in [2.45, 2.75) is 31.7 Å². The first kappa shape index (κ1) is 13.4. The summed E-state index contributed by atoms with van der Waals surface area (Å²) < 4.78 is 22.5. The Labute approximate surface area is 96.4 Å². The van der Waals surface area contributed by atoms with Crippen molar-refractivity contribution in [1.29, 1.82) is 0 Å². The van der Waals surface area contributed by atoms with Gasteiger partial charge >= 0.3 is 0 Å². The Morgan fingerprint density at radius 3 is 2.56 bits per heavy atom. The molecule has 94 valence electrons. The predicted molar refractivity (Wildman–Crippen MR) is 60.8 cm³/mol. The molecule has 0 aromatic rings. The zero-order valence-electron chi connectivity index (χ0n) is 9.34. The lowest BCUT2D eigenvalue weighted by Crippen LogP contribution is -2.35. The maximum Gasteiger partial charge on any atom is 0.209 e. The number of hydrogen-bond donors (Lipinski definition) is 1. The van der Waals surface area contributed by atoms with Gasteiger partial charge in [0.15, 0.2) is 9.84 Å². The molecule has 6 heteroatoms. The summed E-state index contributed by atoms with van der Waals surface area (Å²) in [6, 6.07) is -0.142. The first-order chi connectivity index (χ1) is 7.59. The number of nitrogens with zero attached hydrogens (tertiary/aromatic N) is 1. The number of amides is 1. The largest absolute Gasteiger partial charge is 0.396 e. The molecule has 1 N–H and O–H groups in total. The Morgan fingerprint density at radius 2 is 2.06 bits per heavy atom. The highest BCUT2D eigenvalue weighted by Gasteiger charge is 2.31. The van der Waals surface area contributed by atoms with Crippen molar-refractivity contribution in [2.24, 2.45) is 0 Å². The third-order valence-corrected chi connectivity index (χ3v) is 4.64. The van der Waals surface area contributed by atoms with Gasteiger partial charge in [-0.05, 0) is 25.7 Å². The number of sulfone groups is 1. The van der Waals surface area contributed by atoms with Crippen molar-refractivity contribution in [3.05, 3.63) is 0 Å². The van der Waals surface area contributed by atoms with Gasteiger partial charge in [0.1, 0.15) is 0 Å². The van der Waals surface area contributed by atoms with E-state index in [9.17, 15) is 13.2 Å². The molecule has 0 spiro atoms. The fraction of sp³-hybridized carbons (Fsp3) is 0.900. The highest BCUT2D eigenvalue weighted by molar-refractivity contribution is 7.91. The summed E-state index contributed by atoms with van der Waals surface area (Å²) in [4.78, 5) is 12.4. The van der Waals surface area contributed by atoms with E-state index in [2.05, 4.69) is 0 Å². The molecule has 0 aliphatic carbocycles. The monoisotopic (exact) mass is 249 g/mol.